The first-order valence-electron chi connectivity index (χ1n) is 10.0. The summed E-state index contributed by atoms with van der Waals surface area (Å²) in [7, 11) is 0. The highest BCUT2D eigenvalue weighted by Crippen LogP contribution is 2.21. The summed E-state index contributed by atoms with van der Waals surface area (Å²) in [5.41, 5.74) is 2.03. The number of amides is 2. The van der Waals surface area contributed by atoms with Gasteiger partial charge in [-0.15, -0.1) is 0 Å². The molecule has 0 unspecified atom stereocenters. The van der Waals surface area contributed by atoms with E-state index in [1.165, 1.54) is 18.2 Å². The van der Waals surface area contributed by atoms with Gasteiger partial charge in [-0.3, -0.25) is 9.59 Å². The van der Waals surface area contributed by atoms with Crippen molar-refractivity contribution in [3.05, 3.63) is 71.7 Å². The Morgan fingerprint density at radius 1 is 0.967 bits per heavy atom. The maximum absolute atomic E-state index is 13.4. The van der Waals surface area contributed by atoms with E-state index in [1.54, 1.807) is 36.4 Å². The molecule has 154 valence electrons. The van der Waals surface area contributed by atoms with Crippen LogP contribution in [0.2, 0.25) is 0 Å². The Morgan fingerprint density at radius 3 is 2.40 bits per heavy atom. The maximum atomic E-state index is 13.4. The Balaban J connectivity index is 1.41. The SMILES string of the molecule is O=C(Nc1ccc(C(=O)N2CCCCCC2)cc1)c1cc(-c2cccc(F)c2)no1. The van der Waals surface area contributed by atoms with Crippen molar-refractivity contribution in [3.8, 4) is 11.3 Å². The quantitative estimate of drug-likeness (QED) is 0.677. The molecule has 2 aromatic carbocycles. The first-order valence-corrected chi connectivity index (χ1v) is 10.0. The molecule has 30 heavy (non-hydrogen) atoms. The van der Waals surface area contributed by atoms with Crippen LogP contribution in [0.5, 0.6) is 0 Å². The first kappa shape index (κ1) is 19.8. The van der Waals surface area contributed by atoms with E-state index < -0.39 is 11.7 Å². The van der Waals surface area contributed by atoms with Crippen LogP contribution < -0.4 is 5.32 Å². The zero-order valence-electron chi connectivity index (χ0n) is 16.4. The van der Waals surface area contributed by atoms with Crippen LogP contribution in [0.25, 0.3) is 11.3 Å². The molecule has 1 aliphatic rings. The van der Waals surface area contributed by atoms with Gasteiger partial charge in [0.25, 0.3) is 11.8 Å². The number of halogens is 1. The lowest BCUT2D eigenvalue weighted by Gasteiger charge is -2.20. The zero-order valence-corrected chi connectivity index (χ0v) is 16.4. The molecule has 0 aliphatic carbocycles. The lowest BCUT2D eigenvalue weighted by molar-refractivity contribution is 0.0761. The fraction of sp³-hybridized carbons (Fsp3) is 0.261. The van der Waals surface area contributed by atoms with Crippen LogP contribution in [-0.4, -0.2) is 35.0 Å². The normalized spacial score (nSPS) is 14.2. The van der Waals surface area contributed by atoms with Crippen molar-refractivity contribution >= 4 is 17.5 Å². The molecule has 1 aliphatic heterocycles. The number of hydrogen-bond acceptors (Lipinski definition) is 4. The number of likely N-dealkylation sites (tertiary alicyclic amines) is 1. The number of rotatable bonds is 4. The number of benzene rings is 2. The van der Waals surface area contributed by atoms with Gasteiger partial charge in [0.1, 0.15) is 11.5 Å². The lowest BCUT2D eigenvalue weighted by Crippen LogP contribution is -2.31. The minimum Gasteiger partial charge on any atom is -0.350 e. The van der Waals surface area contributed by atoms with Crippen LogP contribution in [0.3, 0.4) is 0 Å². The van der Waals surface area contributed by atoms with Crippen molar-refractivity contribution in [2.75, 3.05) is 18.4 Å². The van der Waals surface area contributed by atoms with Crippen molar-refractivity contribution in [2.24, 2.45) is 0 Å². The van der Waals surface area contributed by atoms with Crippen LogP contribution in [0, 0.1) is 5.82 Å². The third-order valence-corrected chi connectivity index (χ3v) is 5.14. The number of nitrogens with zero attached hydrogens (tertiary/aromatic N) is 2. The molecule has 4 rings (SSSR count). The predicted octanol–water partition coefficient (Wildman–Crippen LogP) is 4.75. The lowest BCUT2D eigenvalue weighted by atomic mass is 10.1. The number of anilines is 1. The number of aromatic nitrogens is 1. The minimum absolute atomic E-state index is 0.0129. The number of carbonyl (C=O) groups excluding carboxylic acids is 2. The summed E-state index contributed by atoms with van der Waals surface area (Å²) in [5, 5.41) is 6.55. The van der Waals surface area contributed by atoms with Gasteiger partial charge in [0.15, 0.2) is 0 Å². The summed E-state index contributed by atoms with van der Waals surface area (Å²) >= 11 is 0. The average Bonchev–Trinajstić information content (AvgIpc) is 3.10. The van der Waals surface area contributed by atoms with Crippen LogP contribution in [0.4, 0.5) is 10.1 Å². The molecule has 1 aromatic heterocycles. The standard InChI is InChI=1S/C23H22FN3O3/c24-18-7-5-6-17(14-18)20-15-21(30-26-20)22(28)25-19-10-8-16(9-11-19)23(29)27-12-3-1-2-4-13-27/h5-11,14-15H,1-4,12-13H2,(H,25,28). The summed E-state index contributed by atoms with van der Waals surface area (Å²) in [4.78, 5) is 27.0. The molecule has 1 N–H and O–H groups in total. The van der Waals surface area contributed by atoms with E-state index in [0.29, 0.717) is 22.5 Å². The first-order chi connectivity index (χ1) is 14.6. The molecule has 0 saturated carbocycles. The van der Waals surface area contributed by atoms with Crippen LogP contribution in [0.1, 0.15) is 46.6 Å². The molecule has 0 bridgehead atoms. The Hall–Kier alpha value is -3.48. The van der Waals surface area contributed by atoms with Gasteiger partial charge in [-0.2, -0.15) is 0 Å². The smallest absolute Gasteiger partial charge is 0.294 e. The maximum Gasteiger partial charge on any atom is 0.294 e. The zero-order chi connectivity index (χ0) is 20.9. The van der Waals surface area contributed by atoms with Gasteiger partial charge in [0, 0.05) is 36.0 Å². The van der Waals surface area contributed by atoms with Crippen molar-refractivity contribution in [3.63, 3.8) is 0 Å². The highest BCUT2D eigenvalue weighted by molar-refractivity contribution is 6.03. The van der Waals surface area contributed by atoms with Gasteiger partial charge in [0.2, 0.25) is 5.76 Å². The Morgan fingerprint density at radius 2 is 1.70 bits per heavy atom. The monoisotopic (exact) mass is 407 g/mol. The van der Waals surface area contributed by atoms with E-state index >= 15 is 0 Å². The Kier molecular flexibility index (Phi) is 5.88. The second-order valence-corrected chi connectivity index (χ2v) is 7.32. The number of nitrogens with one attached hydrogen (secondary N) is 1. The molecule has 0 atom stereocenters. The minimum atomic E-state index is -0.475. The molecular weight excluding hydrogens is 385 g/mol. The molecule has 0 radical (unpaired) electrons. The molecule has 2 heterocycles. The van der Waals surface area contributed by atoms with Gasteiger partial charge in [-0.1, -0.05) is 30.1 Å². The molecule has 7 heteroatoms. The van der Waals surface area contributed by atoms with Gasteiger partial charge in [0.05, 0.1) is 0 Å². The van der Waals surface area contributed by atoms with E-state index in [2.05, 4.69) is 10.5 Å². The Bertz CT molecular complexity index is 1040. The van der Waals surface area contributed by atoms with Crippen LogP contribution in [0.15, 0.2) is 59.1 Å². The van der Waals surface area contributed by atoms with E-state index in [1.807, 2.05) is 4.90 Å². The topological polar surface area (TPSA) is 75.4 Å². The summed E-state index contributed by atoms with van der Waals surface area (Å²) < 4.78 is 18.5. The molecular formula is C23H22FN3O3. The van der Waals surface area contributed by atoms with E-state index in [0.717, 1.165) is 38.8 Å². The summed E-state index contributed by atoms with van der Waals surface area (Å²) in [6.45, 7) is 1.58. The second kappa shape index (κ2) is 8.90. The van der Waals surface area contributed by atoms with Crippen molar-refractivity contribution < 1.29 is 18.5 Å². The van der Waals surface area contributed by atoms with Crippen molar-refractivity contribution in [2.45, 2.75) is 25.7 Å². The highest BCUT2D eigenvalue weighted by Gasteiger charge is 2.18. The van der Waals surface area contributed by atoms with Gasteiger partial charge < -0.3 is 14.7 Å². The summed E-state index contributed by atoms with van der Waals surface area (Å²) in [6.07, 6.45) is 4.40. The Labute approximate surface area is 173 Å². The summed E-state index contributed by atoms with van der Waals surface area (Å²) in [5.74, 6) is -0.836. The van der Waals surface area contributed by atoms with Gasteiger partial charge in [-0.25, -0.2) is 4.39 Å². The number of hydrogen-bond donors (Lipinski definition) is 1. The van der Waals surface area contributed by atoms with E-state index in [4.69, 9.17) is 4.52 Å². The molecule has 6 nitrogen and oxygen atoms in total. The fourth-order valence-corrected chi connectivity index (χ4v) is 3.51. The third kappa shape index (κ3) is 4.56. The average molecular weight is 407 g/mol. The van der Waals surface area contributed by atoms with E-state index in [9.17, 15) is 14.0 Å². The molecule has 2 amide bonds. The third-order valence-electron chi connectivity index (χ3n) is 5.14. The predicted molar refractivity (Wildman–Crippen MR) is 111 cm³/mol. The second-order valence-electron chi connectivity index (χ2n) is 7.32. The number of carbonyl (C=O) groups is 2. The van der Waals surface area contributed by atoms with E-state index in [-0.39, 0.29) is 11.7 Å². The van der Waals surface area contributed by atoms with Crippen LogP contribution >= 0.6 is 0 Å². The van der Waals surface area contributed by atoms with Gasteiger partial charge >= 0.3 is 0 Å². The highest BCUT2D eigenvalue weighted by atomic mass is 19.1. The molecule has 1 saturated heterocycles. The summed E-state index contributed by atoms with van der Waals surface area (Å²) in [6, 6.07) is 14.2. The largest absolute Gasteiger partial charge is 0.350 e. The van der Waals surface area contributed by atoms with Crippen molar-refractivity contribution in [1.82, 2.24) is 10.1 Å². The molecule has 3 aromatic rings. The molecule has 0 spiro atoms. The molecule has 1 fully saturated rings. The van der Waals surface area contributed by atoms with Crippen LogP contribution in [-0.2, 0) is 0 Å². The van der Waals surface area contributed by atoms with Crippen molar-refractivity contribution in [1.29, 1.82) is 0 Å². The van der Waals surface area contributed by atoms with Gasteiger partial charge in [-0.05, 0) is 49.2 Å². The fourth-order valence-electron chi connectivity index (χ4n) is 3.51.